The van der Waals surface area contributed by atoms with Gasteiger partial charge in [-0.15, -0.1) is 11.8 Å². The van der Waals surface area contributed by atoms with Crippen molar-refractivity contribution >= 4 is 11.8 Å². The molecule has 0 radical (unpaired) electrons. The molecule has 1 fully saturated rings. The van der Waals surface area contributed by atoms with Crippen molar-refractivity contribution in [2.75, 3.05) is 25.9 Å². The molecule has 1 aromatic carbocycles. The maximum atomic E-state index is 6.05. The van der Waals surface area contributed by atoms with Gasteiger partial charge in [-0.2, -0.15) is 0 Å². The molecule has 1 aromatic rings. The van der Waals surface area contributed by atoms with E-state index in [1.165, 1.54) is 10.5 Å². The first kappa shape index (κ1) is 15.8. The number of nitrogens with two attached hydrogens (primary N) is 1. The van der Waals surface area contributed by atoms with Crippen LogP contribution in [0.2, 0.25) is 0 Å². The van der Waals surface area contributed by atoms with Gasteiger partial charge in [0.05, 0.1) is 11.7 Å². The molecule has 0 spiro atoms. The lowest BCUT2D eigenvalue weighted by Gasteiger charge is -2.45. The molecule has 2 rings (SSSR count). The molecule has 112 valence electrons. The summed E-state index contributed by atoms with van der Waals surface area (Å²) in [6.07, 6.45) is 2.35. The lowest BCUT2D eigenvalue weighted by atomic mass is 9.99. The van der Waals surface area contributed by atoms with E-state index in [-0.39, 0.29) is 17.7 Å². The van der Waals surface area contributed by atoms with Gasteiger partial charge in [0.2, 0.25) is 0 Å². The highest BCUT2D eigenvalue weighted by Gasteiger charge is 2.34. The fraction of sp³-hybridized carbons (Fsp3) is 0.625. The molecule has 4 heteroatoms. The molecule has 0 aliphatic carbocycles. The lowest BCUT2D eigenvalue weighted by Crippen LogP contribution is -2.53. The first-order valence-electron chi connectivity index (χ1n) is 7.21. The predicted molar refractivity (Wildman–Crippen MR) is 86.2 cm³/mol. The zero-order valence-corrected chi connectivity index (χ0v) is 13.7. The Balaban J connectivity index is 2.18. The summed E-state index contributed by atoms with van der Waals surface area (Å²) in [6, 6.07) is 9.04. The number of ether oxygens (including phenoxy) is 1. The Morgan fingerprint density at radius 2 is 2.05 bits per heavy atom. The van der Waals surface area contributed by atoms with E-state index in [1.54, 1.807) is 11.8 Å². The molecule has 0 bridgehead atoms. The topological polar surface area (TPSA) is 38.5 Å². The van der Waals surface area contributed by atoms with Crippen molar-refractivity contribution in [1.82, 2.24) is 4.90 Å². The maximum absolute atomic E-state index is 6.05. The fourth-order valence-corrected chi connectivity index (χ4v) is 3.47. The quantitative estimate of drug-likeness (QED) is 0.867. The van der Waals surface area contributed by atoms with E-state index in [0.29, 0.717) is 6.54 Å². The van der Waals surface area contributed by atoms with E-state index in [9.17, 15) is 0 Å². The molecule has 2 N–H and O–H groups in total. The standard InChI is InChI=1S/C16H26N2OS/c1-12-10-18(11-16(2,3)19-12)15(9-17)13-5-7-14(20-4)8-6-13/h5-8,12,15H,9-11,17H2,1-4H3. The molecule has 1 aliphatic rings. The van der Waals surface area contributed by atoms with E-state index in [0.717, 1.165) is 13.1 Å². The number of morpholine rings is 1. The Bertz CT molecular complexity index is 433. The fourth-order valence-electron chi connectivity index (χ4n) is 3.06. The molecule has 0 aromatic heterocycles. The molecule has 20 heavy (non-hydrogen) atoms. The molecular formula is C16H26N2OS. The van der Waals surface area contributed by atoms with Gasteiger partial charge in [-0.1, -0.05) is 12.1 Å². The molecule has 0 saturated carbocycles. The Morgan fingerprint density at radius 3 is 2.55 bits per heavy atom. The highest BCUT2D eigenvalue weighted by molar-refractivity contribution is 7.98. The summed E-state index contributed by atoms with van der Waals surface area (Å²) in [5, 5.41) is 0. The zero-order chi connectivity index (χ0) is 14.8. The molecular weight excluding hydrogens is 268 g/mol. The number of rotatable bonds is 4. The number of hydrogen-bond acceptors (Lipinski definition) is 4. The third-order valence-corrected chi connectivity index (χ3v) is 4.50. The van der Waals surface area contributed by atoms with E-state index in [1.807, 2.05) is 0 Å². The molecule has 3 nitrogen and oxygen atoms in total. The van der Waals surface area contributed by atoms with Crippen molar-refractivity contribution in [3.8, 4) is 0 Å². The summed E-state index contributed by atoms with van der Waals surface area (Å²) < 4.78 is 5.99. The van der Waals surface area contributed by atoms with Crippen LogP contribution >= 0.6 is 11.8 Å². The van der Waals surface area contributed by atoms with Crippen LogP contribution < -0.4 is 5.73 Å². The number of hydrogen-bond donors (Lipinski definition) is 1. The van der Waals surface area contributed by atoms with Gasteiger partial charge in [0.25, 0.3) is 0 Å². The minimum Gasteiger partial charge on any atom is -0.370 e. The summed E-state index contributed by atoms with van der Waals surface area (Å²) >= 11 is 1.77. The van der Waals surface area contributed by atoms with Crippen LogP contribution in [0.1, 0.15) is 32.4 Å². The van der Waals surface area contributed by atoms with Crippen molar-refractivity contribution in [3.05, 3.63) is 29.8 Å². The largest absolute Gasteiger partial charge is 0.370 e. The predicted octanol–water partition coefficient (Wildman–Crippen LogP) is 2.91. The molecule has 1 saturated heterocycles. The second-order valence-corrected chi connectivity index (χ2v) is 7.02. The Kier molecular flexibility index (Phi) is 5.13. The highest BCUT2D eigenvalue weighted by Crippen LogP contribution is 2.29. The van der Waals surface area contributed by atoms with E-state index in [2.05, 4.69) is 56.2 Å². The maximum Gasteiger partial charge on any atom is 0.0757 e. The summed E-state index contributed by atoms with van der Waals surface area (Å²) in [4.78, 5) is 3.75. The van der Waals surface area contributed by atoms with Crippen LogP contribution in [0.5, 0.6) is 0 Å². The number of nitrogens with zero attached hydrogens (tertiary/aromatic N) is 1. The number of benzene rings is 1. The van der Waals surface area contributed by atoms with Gasteiger partial charge >= 0.3 is 0 Å². The molecule has 1 heterocycles. The zero-order valence-electron chi connectivity index (χ0n) is 12.9. The molecule has 0 amide bonds. The van der Waals surface area contributed by atoms with Gasteiger partial charge in [-0.3, -0.25) is 4.90 Å². The average molecular weight is 294 g/mol. The monoisotopic (exact) mass is 294 g/mol. The van der Waals surface area contributed by atoms with Gasteiger partial charge in [0.15, 0.2) is 0 Å². The van der Waals surface area contributed by atoms with E-state index in [4.69, 9.17) is 10.5 Å². The van der Waals surface area contributed by atoms with Gasteiger partial charge < -0.3 is 10.5 Å². The molecule has 1 aliphatic heterocycles. The van der Waals surface area contributed by atoms with Crippen molar-refractivity contribution in [1.29, 1.82) is 0 Å². The first-order valence-corrected chi connectivity index (χ1v) is 8.43. The van der Waals surface area contributed by atoms with Crippen LogP contribution in [0.4, 0.5) is 0 Å². The third kappa shape index (κ3) is 3.76. The van der Waals surface area contributed by atoms with Crippen LogP contribution in [0.15, 0.2) is 29.2 Å². The summed E-state index contributed by atoms with van der Waals surface area (Å²) in [5.41, 5.74) is 7.25. The second kappa shape index (κ2) is 6.48. The van der Waals surface area contributed by atoms with Gasteiger partial charge in [0, 0.05) is 30.6 Å². The van der Waals surface area contributed by atoms with Gasteiger partial charge in [-0.05, 0) is 44.7 Å². The van der Waals surface area contributed by atoms with Crippen molar-refractivity contribution in [2.45, 2.75) is 43.4 Å². The van der Waals surface area contributed by atoms with Gasteiger partial charge in [-0.25, -0.2) is 0 Å². The SMILES string of the molecule is CSc1ccc(C(CN)N2CC(C)OC(C)(C)C2)cc1. The average Bonchev–Trinajstić information content (AvgIpc) is 2.38. The van der Waals surface area contributed by atoms with Crippen LogP contribution in [-0.4, -0.2) is 42.5 Å². The normalized spacial score (nSPS) is 24.6. The minimum absolute atomic E-state index is 0.107. The minimum atomic E-state index is -0.107. The van der Waals surface area contributed by atoms with E-state index < -0.39 is 0 Å². The molecule has 2 unspecified atom stereocenters. The lowest BCUT2D eigenvalue weighted by molar-refractivity contribution is -0.137. The summed E-state index contributed by atoms with van der Waals surface area (Å²) in [6.45, 7) is 8.94. The van der Waals surface area contributed by atoms with E-state index >= 15 is 0 Å². The molecule has 2 atom stereocenters. The van der Waals surface area contributed by atoms with Crippen LogP contribution in [0, 0.1) is 0 Å². The summed E-state index contributed by atoms with van der Waals surface area (Å²) in [5.74, 6) is 0. The van der Waals surface area contributed by atoms with Crippen molar-refractivity contribution in [3.63, 3.8) is 0 Å². The third-order valence-electron chi connectivity index (χ3n) is 3.76. The van der Waals surface area contributed by atoms with Gasteiger partial charge in [0.1, 0.15) is 0 Å². The number of thioether (sulfide) groups is 1. The Labute approximate surface area is 126 Å². The Hall–Kier alpha value is -0.550. The van der Waals surface area contributed by atoms with Crippen molar-refractivity contribution < 1.29 is 4.74 Å². The highest BCUT2D eigenvalue weighted by atomic mass is 32.2. The van der Waals surface area contributed by atoms with Crippen LogP contribution in [-0.2, 0) is 4.74 Å². The summed E-state index contributed by atoms with van der Waals surface area (Å²) in [7, 11) is 0. The smallest absolute Gasteiger partial charge is 0.0757 e. The Morgan fingerprint density at radius 1 is 1.40 bits per heavy atom. The second-order valence-electron chi connectivity index (χ2n) is 6.14. The first-order chi connectivity index (χ1) is 9.45. The van der Waals surface area contributed by atoms with Crippen LogP contribution in [0.3, 0.4) is 0 Å². The van der Waals surface area contributed by atoms with Crippen LogP contribution in [0.25, 0.3) is 0 Å². The van der Waals surface area contributed by atoms with Crippen molar-refractivity contribution in [2.24, 2.45) is 5.73 Å².